The first-order valence-electron chi connectivity index (χ1n) is 8.92. The Hall–Kier alpha value is -2.78. The molecule has 2 aliphatic rings. The van der Waals surface area contributed by atoms with Crippen molar-refractivity contribution in [1.29, 1.82) is 0 Å². The van der Waals surface area contributed by atoms with E-state index in [0.717, 1.165) is 36.8 Å². The van der Waals surface area contributed by atoms with Crippen molar-refractivity contribution in [1.82, 2.24) is 14.6 Å². The number of carboxylic acids is 1. The smallest absolute Gasteiger partial charge is 0.322 e. The molecule has 0 unspecified atom stereocenters. The molecule has 2 saturated heterocycles. The van der Waals surface area contributed by atoms with Crippen LogP contribution in [0.15, 0.2) is 47.5 Å². The number of aliphatic carboxylic acids is 1. The van der Waals surface area contributed by atoms with Gasteiger partial charge in [0.1, 0.15) is 12.2 Å². The van der Waals surface area contributed by atoms with Crippen LogP contribution >= 0.6 is 11.9 Å². The molecule has 1 aromatic heterocycles. The average Bonchev–Trinajstić information content (AvgIpc) is 2.62. The molecule has 0 bridgehead atoms. The third kappa shape index (κ3) is 3.90. The number of pyridine rings is 1. The highest BCUT2D eigenvalue weighted by molar-refractivity contribution is 7.97. The van der Waals surface area contributed by atoms with Crippen molar-refractivity contribution in [2.75, 3.05) is 43.4 Å². The predicted molar refractivity (Wildman–Crippen MR) is 107 cm³/mol. The van der Waals surface area contributed by atoms with Crippen LogP contribution in [-0.4, -0.2) is 59.0 Å². The molecule has 0 aliphatic carbocycles. The van der Waals surface area contributed by atoms with Crippen LogP contribution in [0.2, 0.25) is 0 Å². The van der Waals surface area contributed by atoms with Gasteiger partial charge in [0.2, 0.25) is 0 Å². The van der Waals surface area contributed by atoms with Gasteiger partial charge in [-0.3, -0.25) is 9.59 Å². The Balaban J connectivity index is 1.23. The van der Waals surface area contributed by atoms with Crippen molar-refractivity contribution in [2.45, 2.75) is 4.90 Å². The Morgan fingerprint density at radius 1 is 1.14 bits per heavy atom. The molecule has 8 nitrogen and oxygen atoms in total. The molecule has 1 spiro atoms. The first-order valence-corrected chi connectivity index (χ1v) is 9.69. The number of hydrogen-bond acceptors (Lipinski definition) is 7. The van der Waals surface area contributed by atoms with E-state index in [-0.39, 0.29) is 5.69 Å². The maximum atomic E-state index is 11.8. The zero-order valence-electron chi connectivity index (χ0n) is 15.2. The fourth-order valence-electron chi connectivity index (χ4n) is 3.56. The minimum Gasteiger partial charge on any atom is -0.480 e. The summed E-state index contributed by atoms with van der Waals surface area (Å²) >= 11 is 1.63. The van der Waals surface area contributed by atoms with E-state index in [4.69, 9.17) is 10.8 Å². The summed E-state index contributed by atoms with van der Waals surface area (Å²) in [5.41, 5.74) is 8.31. The van der Waals surface area contributed by atoms with Gasteiger partial charge in [-0.2, -0.15) is 0 Å². The molecular formula is C19H21N5O3S. The van der Waals surface area contributed by atoms with Gasteiger partial charge in [0.15, 0.2) is 0 Å². The Bertz CT molecular complexity index is 873. The standard InChI is InChI=1S/C19H21N5O3S/c20-13-1-3-14(4-2-13)23-9-19(10-23)11-24(12-19)28-15-5-6-16(21-7-15)18(27)22-8-17(25)26/h1-7H,8-12,20H2,(H,22,27)(H,25,26). The molecule has 0 radical (unpaired) electrons. The van der Waals surface area contributed by atoms with Gasteiger partial charge in [-0.05, 0) is 48.3 Å². The Labute approximate surface area is 166 Å². The zero-order valence-corrected chi connectivity index (χ0v) is 16.0. The lowest BCUT2D eigenvalue weighted by molar-refractivity contribution is -0.135. The van der Waals surface area contributed by atoms with Gasteiger partial charge in [0, 0.05) is 54.1 Å². The van der Waals surface area contributed by atoms with Crippen LogP contribution in [0.1, 0.15) is 10.5 Å². The minimum absolute atomic E-state index is 0.212. The van der Waals surface area contributed by atoms with Crippen LogP contribution in [0.5, 0.6) is 0 Å². The SMILES string of the molecule is Nc1ccc(N2CC3(CN(Sc4ccc(C(=O)NCC(=O)O)nc4)C3)C2)cc1. The summed E-state index contributed by atoms with van der Waals surface area (Å²) in [4.78, 5) is 29.7. The largest absolute Gasteiger partial charge is 0.480 e. The number of nitrogens with zero attached hydrogens (tertiary/aromatic N) is 3. The van der Waals surface area contributed by atoms with Crippen LogP contribution < -0.4 is 16.0 Å². The molecule has 0 saturated carbocycles. The molecule has 9 heteroatoms. The number of carbonyl (C=O) groups excluding carboxylic acids is 1. The molecule has 0 atom stereocenters. The van der Waals surface area contributed by atoms with Crippen LogP contribution in [0.4, 0.5) is 11.4 Å². The lowest BCUT2D eigenvalue weighted by Crippen LogP contribution is -2.70. The fraction of sp³-hybridized carbons (Fsp3) is 0.316. The maximum absolute atomic E-state index is 11.8. The molecule has 2 aliphatic heterocycles. The first-order chi connectivity index (χ1) is 13.4. The molecule has 1 amide bonds. The average molecular weight is 399 g/mol. The molecule has 28 heavy (non-hydrogen) atoms. The molecule has 2 aromatic rings. The third-order valence-electron chi connectivity index (χ3n) is 4.94. The quantitative estimate of drug-likeness (QED) is 0.492. The van der Waals surface area contributed by atoms with E-state index in [1.807, 2.05) is 18.2 Å². The number of carboxylic acid groups (broad SMARTS) is 1. The first kappa shape index (κ1) is 18.6. The molecule has 2 fully saturated rings. The summed E-state index contributed by atoms with van der Waals surface area (Å²) in [6.45, 7) is 3.72. The summed E-state index contributed by atoms with van der Waals surface area (Å²) < 4.78 is 2.29. The van der Waals surface area contributed by atoms with Crippen molar-refractivity contribution in [3.63, 3.8) is 0 Å². The number of aromatic nitrogens is 1. The topological polar surface area (TPSA) is 112 Å². The highest BCUT2D eigenvalue weighted by Gasteiger charge is 2.52. The fourth-order valence-corrected chi connectivity index (χ4v) is 4.77. The minimum atomic E-state index is -1.09. The molecule has 146 valence electrons. The summed E-state index contributed by atoms with van der Waals surface area (Å²) in [5.74, 6) is -1.57. The van der Waals surface area contributed by atoms with Crippen molar-refractivity contribution in [3.05, 3.63) is 48.3 Å². The molecule has 4 rings (SSSR count). The molecular weight excluding hydrogens is 378 g/mol. The lowest BCUT2D eigenvalue weighted by atomic mass is 9.74. The molecule has 3 heterocycles. The van der Waals surface area contributed by atoms with Crippen LogP contribution in [0.3, 0.4) is 0 Å². The number of rotatable bonds is 6. The summed E-state index contributed by atoms with van der Waals surface area (Å²) in [5, 5.41) is 10.9. The number of nitrogens with two attached hydrogens (primary N) is 1. The predicted octanol–water partition coefficient (Wildman–Crippen LogP) is 1.31. The summed E-state index contributed by atoms with van der Waals surface area (Å²) in [7, 11) is 0. The number of carbonyl (C=O) groups is 2. The molecule has 1 aromatic carbocycles. The maximum Gasteiger partial charge on any atom is 0.322 e. The zero-order chi connectivity index (χ0) is 19.7. The van der Waals surface area contributed by atoms with E-state index in [1.165, 1.54) is 5.69 Å². The van der Waals surface area contributed by atoms with E-state index in [9.17, 15) is 9.59 Å². The third-order valence-corrected chi connectivity index (χ3v) is 5.91. The summed E-state index contributed by atoms with van der Waals surface area (Å²) in [6, 6.07) is 11.4. The van der Waals surface area contributed by atoms with Crippen LogP contribution in [0, 0.1) is 5.41 Å². The van der Waals surface area contributed by atoms with E-state index in [1.54, 1.807) is 24.2 Å². The van der Waals surface area contributed by atoms with Crippen molar-refractivity contribution < 1.29 is 14.7 Å². The van der Waals surface area contributed by atoms with Gasteiger partial charge in [-0.15, -0.1) is 0 Å². The molecule has 4 N–H and O–H groups in total. The van der Waals surface area contributed by atoms with E-state index in [0.29, 0.717) is 5.41 Å². The number of nitrogen functional groups attached to an aromatic ring is 1. The number of benzene rings is 1. The van der Waals surface area contributed by atoms with E-state index < -0.39 is 18.4 Å². The van der Waals surface area contributed by atoms with Gasteiger partial charge in [-0.25, -0.2) is 9.29 Å². The van der Waals surface area contributed by atoms with Gasteiger partial charge in [0.05, 0.1) is 0 Å². The Morgan fingerprint density at radius 3 is 2.46 bits per heavy atom. The second-order valence-electron chi connectivity index (χ2n) is 7.29. The highest BCUT2D eigenvalue weighted by atomic mass is 32.2. The normalized spacial score (nSPS) is 17.6. The van der Waals surface area contributed by atoms with Gasteiger partial charge in [-0.1, -0.05) is 0 Å². The lowest BCUT2D eigenvalue weighted by Gasteiger charge is -2.60. The Morgan fingerprint density at radius 2 is 1.86 bits per heavy atom. The number of amides is 1. The van der Waals surface area contributed by atoms with Gasteiger partial charge in [0.25, 0.3) is 5.91 Å². The number of hydrogen-bond donors (Lipinski definition) is 3. The Kier molecular flexibility index (Phi) is 4.86. The number of anilines is 2. The number of nitrogens with one attached hydrogen (secondary N) is 1. The van der Waals surface area contributed by atoms with Crippen molar-refractivity contribution in [3.8, 4) is 0 Å². The van der Waals surface area contributed by atoms with Crippen LogP contribution in [-0.2, 0) is 4.79 Å². The van der Waals surface area contributed by atoms with Gasteiger partial charge < -0.3 is 21.1 Å². The van der Waals surface area contributed by atoms with E-state index >= 15 is 0 Å². The summed E-state index contributed by atoms with van der Waals surface area (Å²) in [6.07, 6.45) is 1.65. The highest BCUT2D eigenvalue weighted by Crippen LogP contribution is 2.45. The van der Waals surface area contributed by atoms with Crippen LogP contribution in [0.25, 0.3) is 0 Å². The van der Waals surface area contributed by atoms with Crippen molar-refractivity contribution in [2.24, 2.45) is 5.41 Å². The van der Waals surface area contributed by atoms with E-state index in [2.05, 4.69) is 31.6 Å². The van der Waals surface area contributed by atoms with Gasteiger partial charge >= 0.3 is 5.97 Å². The van der Waals surface area contributed by atoms with Crippen molar-refractivity contribution >= 4 is 35.2 Å². The monoisotopic (exact) mass is 399 g/mol. The second kappa shape index (κ2) is 7.33. The second-order valence-corrected chi connectivity index (χ2v) is 8.46.